The van der Waals surface area contributed by atoms with E-state index in [0.29, 0.717) is 12.0 Å². The van der Waals surface area contributed by atoms with E-state index in [-0.39, 0.29) is 17.4 Å². The van der Waals surface area contributed by atoms with Crippen LogP contribution < -0.4 is 5.32 Å². The Bertz CT molecular complexity index is 629. The van der Waals surface area contributed by atoms with Crippen LogP contribution in [0.3, 0.4) is 0 Å². The quantitative estimate of drug-likeness (QED) is 0.505. The van der Waals surface area contributed by atoms with Crippen molar-refractivity contribution in [1.29, 1.82) is 0 Å². The Hall–Kier alpha value is -1.73. The van der Waals surface area contributed by atoms with Crippen LogP contribution >= 0.6 is 11.3 Å². The summed E-state index contributed by atoms with van der Waals surface area (Å²) < 4.78 is 0. The molecule has 3 fully saturated rings. The van der Waals surface area contributed by atoms with Crippen LogP contribution in [0.4, 0.5) is 0 Å². The van der Waals surface area contributed by atoms with Crippen molar-refractivity contribution in [3.63, 3.8) is 0 Å². The van der Waals surface area contributed by atoms with Gasteiger partial charge in [-0.15, -0.1) is 11.3 Å². The summed E-state index contributed by atoms with van der Waals surface area (Å²) in [5.41, 5.74) is 0.988. The molecule has 3 saturated heterocycles. The SMILES string of the molecule is CC(C)=CC[N+](=O)[O-].Cc1ccc(C(=O)N[C@H]2CN3CCC2CC3)s1. The summed E-state index contributed by atoms with van der Waals surface area (Å²) >= 11 is 1.58. The fourth-order valence-corrected chi connectivity index (χ4v) is 3.95. The van der Waals surface area contributed by atoms with Crippen LogP contribution in [0, 0.1) is 23.0 Å². The molecule has 3 aliphatic rings. The number of fused-ring (bicyclic) bond motifs is 3. The highest BCUT2D eigenvalue weighted by atomic mass is 32.1. The standard InChI is InChI=1S/C13H18N2OS.C5H9NO2/c1-9-2-3-12(17-9)13(16)14-11-8-15-6-4-10(11)5-7-15;1-5(2)3-4-6(7)8/h2-3,10-11H,4-8H2,1H3,(H,14,16);3H,4H2,1-2H3/t11-;/m0./s1. The monoisotopic (exact) mass is 365 g/mol. The Labute approximate surface area is 153 Å². The van der Waals surface area contributed by atoms with Crippen LogP contribution in [0.15, 0.2) is 23.8 Å². The van der Waals surface area contributed by atoms with E-state index in [4.69, 9.17) is 0 Å². The summed E-state index contributed by atoms with van der Waals surface area (Å²) in [6.07, 6.45) is 4.07. The van der Waals surface area contributed by atoms with Gasteiger partial charge in [0.1, 0.15) is 0 Å². The van der Waals surface area contributed by atoms with E-state index in [9.17, 15) is 14.9 Å². The van der Waals surface area contributed by atoms with E-state index in [2.05, 4.69) is 10.2 Å². The second-order valence-electron chi connectivity index (χ2n) is 6.93. The first-order valence-corrected chi connectivity index (χ1v) is 9.51. The molecule has 0 saturated carbocycles. The number of nitrogens with one attached hydrogen (secondary N) is 1. The number of carbonyl (C=O) groups excluding carboxylic acids is 1. The third-order valence-corrected chi connectivity index (χ3v) is 5.58. The van der Waals surface area contributed by atoms with Gasteiger partial charge in [-0.05, 0) is 70.8 Å². The molecule has 0 aromatic carbocycles. The summed E-state index contributed by atoms with van der Waals surface area (Å²) in [5, 5.41) is 12.9. The Kier molecular flexibility index (Phi) is 7.13. The number of hydrogen-bond donors (Lipinski definition) is 1. The van der Waals surface area contributed by atoms with E-state index in [1.54, 1.807) is 17.4 Å². The van der Waals surface area contributed by atoms with Gasteiger partial charge in [0.2, 0.25) is 6.54 Å². The normalized spacial score (nSPS) is 24.0. The highest BCUT2D eigenvalue weighted by Gasteiger charge is 2.35. The van der Waals surface area contributed by atoms with Gasteiger partial charge in [-0.25, -0.2) is 0 Å². The molecule has 2 bridgehead atoms. The third-order valence-electron chi connectivity index (χ3n) is 4.59. The molecule has 1 N–H and O–H groups in total. The maximum Gasteiger partial charge on any atom is 0.261 e. The third kappa shape index (κ3) is 6.25. The fourth-order valence-electron chi connectivity index (χ4n) is 3.18. The minimum absolute atomic E-state index is 0.0532. The molecule has 138 valence electrons. The fraction of sp³-hybridized carbons (Fsp3) is 0.611. The van der Waals surface area contributed by atoms with E-state index in [0.717, 1.165) is 17.0 Å². The molecule has 0 aliphatic carbocycles. The molecule has 4 rings (SSSR count). The zero-order valence-electron chi connectivity index (χ0n) is 15.2. The second-order valence-corrected chi connectivity index (χ2v) is 8.21. The van der Waals surface area contributed by atoms with Crippen molar-refractivity contribution in [3.8, 4) is 0 Å². The van der Waals surface area contributed by atoms with Crippen LogP contribution in [-0.2, 0) is 0 Å². The highest BCUT2D eigenvalue weighted by molar-refractivity contribution is 7.13. The Balaban J connectivity index is 0.000000242. The van der Waals surface area contributed by atoms with Crippen molar-refractivity contribution in [2.45, 2.75) is 39.7 Å². The number of aryl methyl sites for hydroxylation is 1. The van der Waals surface area contributed by atoms with Crippen LogP contribution in [0.25, 0.3) is 0 Å². The van der Waals surface area contributed by atoms with E-state index in [1.165, 1.54) is 30.8 Å². The van der Waals surface area contributed by atoms with Crippen LogP contribution in [0.1, 0.15) is 41.2 Å². The lowest BCUT2D eigenvalue weighted by Gasteiger charge is -2.44. The average Bonchev–Trinajstić information content (AvgIpc) is 3.01. The van der Waals surface area contributed by atoms with Gasteiger partial charge >= 0.3 is 0 Å². The first-order chi connectivity index (χ1) is 11.8. The summed E-state index contributed by atoms with van der Waals surface area (Å²) in [6, 6.07) is 4.31. The number of allylic oxidation sites excluding steroid dienone is 1. The van der Waals surface area contributed by atoms with E-state index < -0.39 is 0 Å². The molecular weight excluding hydrogens is 338 g/mol. The lowest BCUT2D eigenvalue weighted by molar-refractivity contribution is -0.468. The number of nitrogens with zero attached hydrogens (tertiary/aromatic N) is 2. The van der Waals surface area contributed by atoms with Gasteiger partial charge in [-0.2, -0.15) is 0 Å². The maximum atomic E-state index is 12.1. The number of rotatable bonds is 4. The lowest BCUT2D eigenvalue weighted by Crippen LogP contribution is -2.57. The molecule has 1 aromatic rings. The summed E-state index contributed by atoms with van der Waals surface area (Å²) in [4.78, 5) is 25.9. The van der Waals surface area contributed by atoms with Crippen molar-refractivity contribution in [1.82, 2.24) is 10.2 Å². The van der Waals surface area contributed by atoms with Gasteiger partial charge in [-0.1, -0.05) is 5.57 Å². The predicted octanol–water partition coefficient (Wildman–Crippen LogP) is 3.11. The van der Waals surface area contributed by atoms with Crippen molar-refractivity contribution >= 4 is 17.2 Å². The van der Waals surface area contributed by atoms with Crippen molar-refractivity contribution < 1.29 is 9.72 Å². The maximum absolute atomic E-state index is 12.1. The molecule has 3 aliphatic heterocycles. The van der Waals surface area contributed by atoms with Gasteiger partial charge in [0.05, 0.1) is 4.88 Å². The predicted molar refractivity (Wildman–Crippen MR) is 101 cm³/mol. The molecule has 4 heterocycles. The largest absolute Gasteiger partial charge is 0.347 e. The number of amides is 1. The average molecular weight is 365 g/mol. The molecule has 0 radical (unpaired) electrons. The topological polar surface area (TPSA) is 75.5 Å². The minimum atomic E-state index is -0.354. The summed E-state index contributed by atoms with van der Waals surface area (Å²) in [7, 11) is 0. The van der Waals surface area contributed by atoms with Gasteiger partial charge in [-0.3, -0.25) is 14.9 Å². The van der Waals surface area contributed by atoms with Crippen molar-refractivity contribution in [2.24, 2.45) is 5.92 Å². The zero-order valence-corrected chi connectivity index (χ0v) is 16.0. The van der Waals surface area contributed by atoms with Gasteiger partial charge in [0.15, 0.2) is 0 Å². The van der Waals surface area contributed by atoms with Crippen molar-refractivity contribution in [2.75, 3.05) is 26.2 Å². The molecule has 25 heavy (non-hydrogen) atoms. The van der Waals surface area contributed by atoms with Crippen molar-refractivity contribution in [3.05, 3.63) is 43.7 Å². The molecule has 6 nitrogen and oxygen atoms in total. The van der Waals surface area contributed by atoms with Gasteiger partial charge in [0, 0.05) is 22.4 Å². The zero-order chi connectivity index (χ0) is 18.4. The van der Waals surface area contributed by atoms with E-state index >= 15 is 0 Å². The molecule has 1 aromatic heterocycles. The Morgan fingerprint density at radius 3 is 2.48 bits per heavy atom. The molecular formula is C18H27N3O3S. The first-order valence-electron chi connectivity index (χ1n) is 8.70. The minimum Gasteiger partial charge on any atom is -0.347 e. The number of carbonyl (C=O) groups is 1. The van der Waals surface area contributed by atoms with Crippen LogP contribution in [-0.4, -0.2) is 48.0 Å². The Morgan fingerprint density at radius 1 is 1.40 bits per heavy atom. The number of piperidine rings is 3. The van der Waals surface area contributed by atoms with Gasteiger partial charge in [0.25, 0.3) is 5.91 Å². The first kappa shape index (κ1) is 19.6. The molecule has 1 amide bonds. The molecule has 0 spiro atoms. The smallest absolute Gasteiger partial charge is 0.261 e. The summed E-state index contributed by atoms with van der Waals surface area (Å²) in [5.74, 6) is 0.812. The van der Waals surface area contributed by atoms with Crippen LogP contribution in [0.2, 0.25) is 0 Å². The van der Waals surface area contributed by atoms with Gasteiger partial charge < -0.3 is 10.2 Å². The summed E-state index contributed by atoms with van der Waals surface area (Å²) in [6.45, 7) is 9.14. The number of hydrogen-bond acceptors (Lipinski definition) is 5. The van der Waals surface area contributed by atoms with E-state index in [1.807, 2.05) is 32.9 Å². The molecule has 7 heteroatoms. The lowest BCUT2D eigenvalue weighted by atomic mass is 9.84. The van der Waals surface area contributed by atoms with Crippen LogP contribution in [0.5, 0.6) is 0 Å². The Morgan fingerprint density at radius 2 is 2.08 bits per heavy atom. The number of nitro groups is 1. The molecule has 0 unspecified atom stereocenters. The highest BCUT2D eigenvalue weighted by Crippen LogP contribution is 2.28. The second kappa shape index (κ2) is 9.10. The number of thiophene rings is 1. The molecule has 1 atom stereocenters.